The van der Waals surface area contributed by atoms with Gasteiger partial charge in [-0.25, -0.2) is 0 Å². The van der Waals surface area contributed by atoms with Gasteiger partial charge in [0.15, 0.2) is 25.0 Å². The maximum absolute atomic E-state index is 7.17. The van der Waals surface area contributed by atoms with E-state index < -0.39 is 25.0 Å². The lowest BCUT2D eigenvalue weighted by Crippen LogP contribution is -2.55. The van der Waals surface area contributed by atoms with Gasteiger partial charge in [-0.2, -0.15) is 0 Å². The van der Waals surface area contributed by atoms with Crippen molar-refractivity contribution < 1.29 is 13.3 Å². The third kappa shape index (κ3) is 7.85. The van der Waals surface area contributed by atoms with Crippen molar-refractivity contribution >= 4 is 25.0 Å². The lowest BCUT2D eigenvalue weighted by atomic mass is 9.49. The SMILES string of the molecule is C#CC1=CCC2[C@H](CO[Si](C)(C)C(C)(C)C)C([C@@]3(C)CC[C@H](O[Si](C)(C)C(C)(C)C)C[C@@H]3CO[Si](C)(C)C(C)(C)C)CC[C@]12C. The van der Waals surface area contributed by atoms with Crippen LogP contribution in [0.2, 0.25) is 54.4 Å². The molecule has 0 amide bonds. The first-order valence-corrected chi connectivity index (χ1v) is 27.0. The largest absolute Gasteiger partial charge is 0.417 e. The van der Waals surface area contributed by atoms with E-state index in [1.165, 1.54) is 24.8 Å². The van der Waals surface area contributed by atoms with Crippen LogP contribution in [0.25, 0.3) is 0 Å². The van der Waals surface area contributed by atoms with Crippen LogP contribution in [-0.2, 0) is 13.3 Å². The molecule has 7 atom stereocenters. The smallest absolute Gasteiger partial charge is 0.192 e. The highest BCUT2D eigenvalue weighted by Gasteiger charge is 2.58. The second-order valence-electron chi connectivity index (χ2n) is 20.5. The summed E-state index contributed by atoms with van der Waals surface area (Å²) in [6, 6.07) is 0. The molecule has 0 aromatic carbocycles. The topological polar surface area (TPSA) is 27.7 Å². The van der Waals surface area contributed by atoms with Crippen LogP contribution in [0.1, 0.15) is 115 Å². The van der Waals surface area contributed by atoms with Crippen molar-refractivity contribution in [1.29, 1.82) is 0 Å². The van der Waals surface area contributed by atoms with Gasteiger partial charge in [-0.1, -0.05) is 88.2 Å². The van der Waals surface area contributed by atoms with Crippen molar-refractivity contribution in [3.8, 4) is 12.3 Å². The molecule has 0 aromatic heterocycles. The summed E-state index contributed by atoms with van der Waals surface area (Å²) < 4.78 is 21.5. The number of terminal acetylenes is 1. The Morgan fingerprint density at radius 1 is 0.756 bits per heavy atom. The Morgan fingerprint density at radius 2 is 1.27 bits per heavy atom. The second-order valence-corrected chi connectivity index (χ2v) is 34.8. The van der Waals surface area contributed by atoms with E-state index in [9.17, 15) is 0 Å². The van der Waals surface area contributed by atoms with E-state index in [0.717, 1.165) is 32.5 Å². The molecule has 0 spiro atoms. The van der Waals surface area contributed by atoms with Crippen LogP contribution in [0.15, 0.2) is 11.6 Å². The van der Waals surface area contributed by atoms with Crippen molar-refractivity contribution in [3.63, 3.8) is 0 Å². The number of allylic oxidation sites excluding steroid dienone is 2. The first-order valence-electron chi connectivity index (χ1n) is 18.3. The Kier molecular flexibility index (Phi) is 11.3. The van der Waals surface area contributed by atoms with Gasteiger partial charge in [-0.15, -0.1) is 6.42 Å². The van der Waals surface area contributed by atoms with Gasteiger partial charge in [0.25, 0.3) is 0 Å². The molecule has 2 unspecified atom stereocenters. The van der Waals surface area contributed by atoms with E-state index in [2.05, 4.69) is 127 Å². The molecule has 3 aliphatic rings. The van der Waals surface area contributed by atoms with Gasteiger partial charge in [-0.05, 0) is 122 Å². The summed E-state index contributed by atoms with van der Waals surface area (Å²) in [5, 5.41) is 0.606. The summed E-state index contributed by atoms with van der Waals surface area (Å²) in [5.41, 5.74) is 1.52. The molecular weight excluding hydrogens is 601 g/mol. The second kappa shape index (κ2) is 12.9. The lowest BCUT2D eigenvalue weighted by molar-refractivity contribution is -0.101. The lowest BCUT2D eigenvalue weighted by Gasteiger charge is -2.58. The first-order chi connectivity index (χ1) is 20.1. The average Bonchev–Trinajstić information content (AvgIpc) is 3.21. The third-order valence-electron chi connectivity index (χ3n) is 14.7. The van der Waals surface area contributed by atoms with Crippen LogP contribution in [-0.4, -0.2) is 44.3 Å². The van der Waals surface area contributed by atoms with Crippen LogP contribution >= 0.6 is 0 Å². The predicted molar refractivity (Wildman–Crippen MR) is 203 cm³/mol. The van der Waals surface area contributed by atoms with Gasteiger partial charge in [0, 0.05) is 30.3 Å². The van der Waals surface area contributed by atoms with Crippen molar-refractivity contribution in [3.05, 3.63) is 11.6 Å². The van der Waals surface area contributed by atoms with E-state index in [1.54, 1.807) is 0 Å². The summed E-state index contributed by atoms with van der Waals surface area (Å²) in [6.45, 7) is 42.7. The number of hydrogen-bond acceptors (Lipinski definition) is 3. The minimum absolute atomic E-state index is 0.0961. The Labute approximate surface area is 284 Å². The minimum Gasteiger partial charge on any atom is -0.417 e. The molecule has 0 aromatic rings. The Hall–Kier alpha value is -0.169. The molecule has 0 heterocycles. The summed E-state index contributed by atoms with van der Waals surface area (Å²) >= 11 is 0. The maximum atomic E-state index is 7.17. The molecule has 260 valence electrons. The molecule has 0 bridgehead atoms. The Bertz CT molecular complexity index is 1110. The van der Waals surface area contributed by atoms with E-state index in [-0.39, 0.29) is 25.9 Å². The van der Waals surface area contributed by atoms with Crippen LogP contribution in [0.5, 0.6) is 0 Å². The van der Waals surface area contributed by atoms with Crippen LogP contribution < -0.4 is 0 Å². The molecule has 6 heteroatoms. The first kappa shape index (κ1) is 39.3. The van der Waals surface area contributed by atoms with Gasteiger partial charge < -0.3 is 13.3 Å². The van der Waals surface area contributed by atoms with Crippen molar-refractivity contribution in [1.82, 2.24) is 0 Å². The molecule has 2 fully saturated rings. The van der Waals surface area contributed by atoms with E-state index >= 15 is 0 Å². The Balaban J connectivity index is 2.02. The van der Waals surface area contributed by atoms with Crippen molar-refractivity contribution in [2.45, 2.75) is 175 Å². The fourth-order valence-electron chi connectivity index (χ4n) is 8.00. The monoisotopic (exact) mass is 674 g/mol. The van der Waals surface area contributed by atoms with Crippen molar-refractivity contribution in [2.75, 3.05) is 13.2 Å². The predicted octanol–water partition coefficient (Wildman–Crippen LogP) is 11.8. The summed E-state index contributed by atoms with van der Waals surface area (Å²) in [5.74, 6) is 5.24. The fourth-order valence-corrected chi connectivity index (χ4v) is 11.5. The standard InChI is InChI=1S/C39H74O3Si3/c1-19-29-20-21-33-32(28-41-44(15,16)36(5,6)7)34(23-25-38(29,33)11)39(12)24-22-31(42-45(17,18)37(8,9)10)26-30(39)27-40-43(13,14)35(2,3)4/h1,20,30-34H,21-28H2,2-18H3/t30-,31+,32+,33?,34?,38-,39+/m1/s1. The summed E-state index contributed by atoms with van der Waals surface area (Å²) in [4.78, 5) is 0. The van der Waals surface area contributed by atoms with E-state index in [0.29, 0.717) is 29.8 Å². The van der Waals surface area contributed by atoms with Crippen molar-refractivity contribution in [2.24, 2.45) is 34.5 Å². The number of fused-ring (bicyclic) bond motifs is 1. The zero-order valence-corrected chi connectivity index (χ0v) is 35.9. The van der Waals surface area contributed by atoms with Gasteiger partial charge in [0.2, 0.25) is 0 Å². The molecular formula is C39H74O3Si3. The molecule has 0 aliphatic heterocycles. The zero-order valence-electron chi connectivity index (χ0n) is 32.9. The molecule has 3 rings (SSSR count). The molecule has 0 N–H and O–H groups in total. The fraction of sp³-hybridized carbons (Fsp3) is 0.897. The highest BCUT2D eigenvalue weighted by Crippen LogP contribution is 2.63. The van der Waals surface area contributed by atoms with E-state index in [4.69, 9.17) is 19.7 Å². The van der Waals surface area contributed by atoms with E-state index in [1.807, 2.05) is 0 Å². The molecule has 2 saturated carbocycles. The molecule has 3 nitrogen and oxygen atoms in total. The van der Waals surface area contributed by atoms with Gasteiger partial charge in [0.1, 0.15) is 0 Å². The number of hydrogen-bond donors (Lipinski definition) is 0. The minimum atomic E-state index is -1.91. The normalized spacial score (nSPS) is 33.9. The van der Waals surface area contributed by atoms with Gasteiger partial charge in [0.05, 0.1) is 0 Å². The summed E-state index contributed by atoms with van der Waals surface area (Å²) in [7, 11) is -5.69. The molecule has 0 saturated heterocycles. The molecule has 0 radical (unpaired) electrons. The Morgan fingerprint density at radius 3 is 1.76 bits per heavy atom. The van der Waals surface area contributed by atoms with Crippen LogP contribution in [0.3, 0.4) is 0 Å². The average molecular weight is 675 g/mol. The van der Waals surface area contributed by atoms with Crippen LogP contribution in [0.4, 0.5) is 0 Å². The van der Waals surface area contributed by atoms with Crippen LogP contribution in [0, 0.1) is 46.8 Å². The quantitative estimate of drug-likeness (QED) is 0.180. The molecule has 45 heavy (non-hydrogen) atoms. The zero-order chi connectivity index (χ0) is 34.7. The number of rotatable bonds is 9. The summed E-state index contributed by atoms with van der Waals surface area (Å²) in [6.07, 6.45) is 15.8. The molecule has 3 aliphatic carbocycles. The third-order valence-corrected chi connectivity index (χ3v) is 28.2. The highest BCUT2D eigenvalue weighted by molar-refractivity contribution is 6.74. The van der Waals surface area contributed by atoms with Gasteiger partial charge in [-0.3, -0.25) is 0 Å². The maximum Gasteiger partial charge on any atom is 0.192 e. The highest BCUT2D eigenvalue weighted by atomic mass is 28.4. The van der Waals surface area contributed by atoms with Gasteiger partial charge >= 0.3 is 0 Å².